The van der Waals surface area contributed by atoms with Crippen molar-refractivity contribution in [2.75, 3.05) is 18.6 Å². The van der Waals surface area contributed by atoms with Crippen molar-refractivity contribution in [3.63, 3.8) is 0 Å². The summed E-state index contributed by atoms with van der Waals surface area (Å²) in [6, 6.07) is 8.01. The van der Waals surface area contributed by atoms with E-state index in [0.717, 1.165) is 25.0 Å². The quantitative estimate of drug-likeness (QED) is 0.758. The minimum absolute atomic E-state index is 0.0594. The van der Waals surface area contributed by atoms with Gasteiger partial charge in [0, 0.05) is 11.8 Å². The van der Waals surface area contributed by atoms with Crippen molar-refractivity contribution in [3.8, 4) is 5.75 Å². The molecule has 4 nitrogen and oxygen atoms in total. The lowest BCUT2D eigenvalue weighted by atomic mass is 10.0. The lowest BCUT2D eigenvalue weighted by Gasteiger charge is -2.11. The van der Waals surface area contributed by atoms with Crippen LogP contribution in [0, 0.1) is 0 Å². The van der Waals surface area contributed by atoms with Crippen LogP contribution in [0.25, 0.3) is 0 Å². The van der Waals surface area contributed by atoms with Crippen LogP contribution in [0.1, 0.15) is 31.7 Å². The summed E-state index contributed by atoms with van der Waals surface area (Å²) in [5.74, 6) is 1.32. The van der Waals surface area contributed by atoms with Gasteiger partial charge in [-0.15, -0.1) is 0 Å². The molecule has 0 aliphatic carbocycles. The van der Waals surface area contributed by atoms with Crippen molar-refractivity contribution >= 4 is 9.84 Å². The summed E-state index contributed by atoms with van der Waals surface area (Å²) in [4.78, 5) is 0. The molecule has 1 rings (SSSR count). The summed E-state index contributed by atoms with van der Waals surface area (Å²) in [6.07, 6.45) is 3.19. The van der Waals surface area contributed by atoms with Crippen molar-refractivity contribution in [2.45, 2.75) is 38.6 Å². The van der Waals surface area contributed by atoms with Gasteiger partial charge in [-0.2, -0.15) is 0 Å². The second kappa shape index (κ2) is 8.27. The standard InChI is InChI=1S/C15H25NO3S/c1-3-20(17,18)12-4-5-14(16)9-6-13-7-10-15(19-2)11-8-13/h7-8,10-11,14H,3-6,9,12,16H2,1-2H3. The van der Waals surface area contributed by atoms with Crippen LogP contribution in [0.2, 0.25) is 0 Å². The molecule has 5 heteroatoms. The molecule has 1 atom stereocenters. The van der Waals surface area contributed by atoms with Crippen LogP contribution in [-0.4, -0.2) is 33.1 Å². The van der Waals surface area contributed by atoms with E-state index >= 15 is 0 Å². The maximum Gasteiger partial charge on any atom is 0.150 e. The van der Waals surface area contributed by atoms with E-state index in [2.05, 4.69) is 0 Å². The number of nitrogens with two attached hydrogens (primary N) is 1. The normalized spacial score (nSPS) is 13.2. The van der Waals surface area contributed by atoms with E-state index in [1.165, 1.54) is 5.56 Å². The van der Waals surface area contributed by atoms with E-state index in [1.807, 2.05) is 24.3 Å². The van der Waals surface area contributed by atoms with Gasteiger partial charge >= 0.3 is 0 Å². The number of sulfone groups is 1. The highest BCUT2D eigenvalue weighted by molar-refractivity contribution is 7.91. The van der Waals surface area contributed by atoms with Crippen molar-refractivity contribution in [2.24, 2.45) is 5.73 Å². The number of ether oxygens (including phenoxy) is 1. The highest BCUT2D eigenvalue weighted by Crippen LogP contribution is 2.14. The van der Waals surface area contributed by atoms with Crippen molar-refractivity contribution < 1.29 is 13.2 Å². The smallest absolute Gasteiger partial charge is 0.150 e. The van der Waals surface area contributed by atoms with Crippen LogP contribution in [0.15, 0.2) is 24.3 Å². The van der Waals surface area contributed by atoms with Gasteiger partial charge in [-0.25, -0.2) is 8.42 Å². The predicted octanol–water partition coefficient (Wildman–Crippen LogP) is 2.17. The SMILES string of the molecule is CCS(=O)(=O)CCCC(N)CCc1ccc(OC)cc1. The highest BCUT2D eigenvalue weighted by atomic mass is 32.2. The summed E-state index contributed by atoms with van der Waals surface area (Å²) in [6.45, 7) is 1.68. The minimum atomic E-state index is -2.86. The zero-order valence-corrected chi connectivity index (χ0v) is 13.2. The highest BCUT2D eigenvalue weighted by Gasteiger charge is 2.09. The van der Waals surface area contributed by atoms with Gasteiger partial charge in [0.05, 0.1) is 12.9 Å². The third-order valence-corrected chi connectivity index (χ3v) is 5.22. The van der Waals surface area contributed by atoms with E-state index in [9.17, 15) is 8.42 Å². The number of hydrogen-bond acceptors (Lipinski definition) is 4. The van der Waals surface area contributed by atoms with Gasteiger partial charge in [-0.3, -0.25) is 0 Å². The first-order valence-electron chi connectivity index (χ1n) is 7.05. The molecule has 0 heterocycles. The maximum absolute atomic E-state index is 11.4. The molecule has 0 fully saturated rings. The van der Waals surface area contributed by atoms with Gasteiger partial charge in [-0.1, -0.05) is 19.1 Å². The van der Waals surface area contributed by atoms with Gasteiger partial charge in [0.25, 0.3) is 0 Å². The predicted molar refractivity (Wildman–Crippen MR) is 82.9 cm³/mol. The summed E-state index contributed by atoms with van der Waals surface area (Å²) >= 11 is 0. The second-order valence-electron chi connectivity index (χ2n) is 5.03. The van der Waals surface area contributed by atoms with E-state index in [-0.39, 0.29) is 17.5 Å². The van der Waals surface area contributed by atoms with Gasteiger partial charge < -0.3 is 10.5 Å². The molecule has 0 aromatic heterocycles. The van der Waals surface area contributed by atoms with Crippen LogP contribution < -0.4 is 10.5 Å². The van der Waals surface area contributed by atoms with Crippen LogP contribution in [0.4, 0.5) is 0 Å². The van der Waals surface area contributed by atoms with E-state index in [0.29, 0.717) is 6.42 Å². The number of benzene rings is 1. The first-order chi connectivity index (χ1) is 9.46. The Morgan fingerprint density at radius 3 is 2.40 bits per heavy atom. The van der Waals surface area contributed by atoms with Gasteiger partial charge in [0.1, 0.15) is 15.6 Å². The molecule has 0 spiro atoms. The minimum Gasteiger partial charge on any atom is -0.497 e. The molecule has 1 unspecified atom stereocenters. The molecule has 20 heavy (non-hydrogen) atoms. The average molecular weight is 299 g/mol. The van der Waals surface area contributed by atoms with Gasteiger partial charge in [-0.05, 0) is 43.4 Å². The molecule has 0 saturated heterocycles. The summed E-state index contributed by atoms with van der Waals surface area (Å²) < 4.78 is 27.8. The molecule has 0 saturated carbocycles. The second-order valence-corrected chi connectivity index (χ2v) is 7.50. The Hall–Kier alpha value is -1.07. The summed E-state index contributed by atoms with van der Waals surface area (Å²) in [5.41, 5.74) is 7.25. The number of aryl methyl sites for hydroxylation is 1. The fraction of sp³-hybridized carbons (Fsp3) is 0.600. The van der Waals surface area contributed by atoms with Crippen LogP contribution in [-0.2, 0) is 16.3 Å². The first kappa shape index (κ1) is 17.0. The third-order valence-electron chi connectivity index (χ3n) is 3.43. The molecule has 0 radical (unpaired) electrons. The molecule has 1 aromatic carbocycles. The Morgan fingerprint density at radius 1 is 1.20 bits per heavy atom. The zero-order valence-electron chi connectivity index (χ0n) is 12.3. The fourth-order valence-electron chi connectivity index (χ4n) is 2.00. The monoisotopic (exact) mass is 299 g/mol. The van der Waals surface area contributed by atoms with E-state index in [1.54, 1.807) is 14.0 Å². The number of methoxy groups -OCH3 is 1. The van der Waals surface area contributed by atoms with Gasteiger partial charge in [0.15, 0.2) is 0 Å². The first-order valence-corrected chi connectivity index (χ1v) is 8.88. The molecule has 0 aliphatic rings. The molecular weight excluding hydrogens is 274 g/mol. The number of rotatable bonds is 9. The zero-order chi connectivity index (χ0) is 15.0. The lowest BCUT2D eigenvalue weighted by molar-refractivity contribution is 0.414. The van der Waals surface area contributed by atoms with Crippen LogP contribution >= 0.6 is 0 Å². The molecule has 1 aromatic rings. The van der Waals surface area contributed by atoms with Gasteiger partial charge in [0.2, 0.25) is 0 Å². The molecule has 2 N–H and O–H groups in total. The largest absolute Gasteiger partial charge is 0.497 e. The Kier molecular flexibility index (Phi) is 7.02. The Bertz CT molecular complexity index is 482. The topological polar surface area (TPSA) is 69.4 Å². The lowest BCUT2D eigenvalue weighted by Crippen LogP contribution is -2.22. The Morgan fingerprint density at radius 2 is 1.85 bits per heavy atom. The van der Waals surface area contributed by atoms with Crippen molar-refractivity contribution in [3.05, 3.63) is 29.8 Å². The summed E-state index contributed by atoms with van der Waals surface area (Å²) in [7, 11) is -1.21. The number of hydrogen-bond donors (Lipinski definition) is 1. The van der Waals surface area contributed by atoms with E-state index < -0.39 is 9.84 Å². The van der Waals surface area contributed by atoms with E-state index in [4.69, 9.17) is 10.5 Å². The maximum atomic E-state index is 11.4. The molecule has 0 aliphatic heterocycles. The fourth-order valence-corrected chi connectivity index (χ4v) is 2.89. The molecule has 0 bridgehead atoms. The molecule has 114 valence electrons. The average Bonchev–Trinajstić information content (AvgIpc) is 2.45. The molecular formula is C15H25NO3S. The molecule has 0 amide bonds. The third kappa shape index (κ3) is 6.39. The van der Waals surface area contributed by atoms with Crippen molar-refractivity contribution in [1.82, 2.24) is 0 Å². The Labute approximate surface area is 122 Å². The summed E-state index contributed by atoms with van der Waals surface area (Å²) in [5, 5.41) is 0. The van der Waals surface area contributed by atoms with Crippen LogP contribution in [0.5, 0.6) is 5.75 Å². The van der Waals surface area contributed by atoms with Crippen molar-refractivity contribution in [1.29, 1.82) is 0 Å². The van der Waals surface area contributed by atoms with Crippen LogP contribution in [0.3, 0.4) is 0 Å². The Balaban J connectivity index is 2.27.